The first-order valence-electron chi connectivity index (χ1n) is 7.48. The van der Waals surface area contributed by atoms with Gasteiger partial charge in [0.25, 0.3) is 5.91 Å². The fourth-order valence-electron chi connectivity index (χ4n) is 2.77. The second-order valence-corrected chi connectivity index (χ2v) is 5.34. The van der Waals surface area contributed by atoms with Crippen molar-refractivity contribution in [2.75, 3.05) is 26.9 Å². The molecule has 1 aromatic carbocycles. The Hall–Kier alpha value is -1.30. The molecular weight excluding hydrogens is 304 g/mol. The number of hydrogen-bond acceptors (Lipinski definition) is 4. The average Bonchev–Trinajstić information content (AvgIpc) is 2.95. The van der Waals surface area contributed by atoms with E-state index in [2.05, 4.69) is 5.32 Å². The zero-order chi connectivity index (χ0) is 15.1. The summed E-state index contributed by atoms with van der Waals surface area (Å²) in [7, 11) is 1.62. The van der Waals surface area contributed by atoms with E-state index in [0.717, 1.165) is 19.3 Å². The molecule has 1 fully saturated rings. The summed E-state index contributed by atoms with van der Waals surface area (Å²) in [5, 5.41) is 3.10. The quantitative estimate of drug-likeness (QED) is 0.751. The highest BCUT2D eigenvalue weighted by Crippen LogP contribution is 2.26. The van der Waals surface area contributed by atoms with Crippen molar-refractivity contribution in [3.05, 3.63) is 29.8 Å². The number of amides is 1. The smallest absolute Gasteiger partial charge is 0.255 e. The summed E-state index contributed by atoms with van der Waals surface area (Å²) in [5.74, 6) is 0.887. The molecule has 5 nitrogen and oxygen atoms in total. The summed E-state index contributed by atoms with van der Waals surface area (Å²) in [6.45, 7) is 1.54. The third-order valence-electron chi connectivity index (χ3n) is 3.96. The molecule has 0 spiro atoms. The van der Waals surface area contributed by atoms with Crippen molar-refractivity contribution in [2.24, 2.45) is 11.7 Å². The molecule has 2 atom stereocenters. The van der Waals surface area contributed by atoms with E-state index in [1.165, 1.54) is 0 Å². The van der Waals surface area contributed by atoms with Crippen molar-refractivity contribution in [3.8, 4) is 5.75 Å². The third-order valence-corrected chi connectivity index (χ3v) is 3.96. The van der Waals surface area contributed by atoms with Crippen molar-refractivity contribution in [3.63, 3.8) is 0 Å². The highest BCUT2D eigenvalue weighted by molar-refractivity contribution is 5.97. The van der Waals surface area contributed by atoms with Gasteiger partial charge in [0, 0.05) is 13.2 Å². The molecular formula is C16H25ClN2O3. The lowest BCUT2D eigenvalue weighted by atomic mass is 10.0. The minimum atomic E-state index is -0.0895. The van der Waals surface area contributed by atoms with E-state index in [9.17, 15) is 4.79 Å². The molecule has 0 radical (unpaired) electrons. The zero-order valence-corrected chi connectivity index (χ0v) is 13.7. The van der Waals surface area contributed by atoms with Gasteiger partial charge in [0.1, 0.15) is 12.4 Å². The minimum absolute atomic E-state index is 0. The van der Waals surface area contributed by atoms with Gasteiger partial charge in [0.2, 0.25) is 0 Å². The molecule has 1 aromatic rings. The van der Waals surface area contributed by atoms with Gasteiger partial charge < -0.3 is 20.5 Å². The Bertz CT molecular complexity index is 470. The second-order valence-electron chi connectivity index (χ2n) is 5.34. The van der Waals surface area contributed by atoms with Crippen molar-refractivity contribution >= 4 is 18.3 Å². The topological polar surface area (TPSA) is 73.6 Å². The van der Waals surface area contributed by atoms with Gasteiger partial charge in [-0.1, -0.05) is 18.6 Å². The van der Waals surface area contributed by atoms with Crippen LogP contribution >= 0.6 is 12.4 Å². The molecule has 1 aliphatic rings. The highest BCUT2D eigenvalue weighted by Gasteiger charge is 2.28. The standard InChI is InChI=1S/C16H24N2O3.ClH/c1-20-9-10-21-15-8-3-2-6-13(15)16(19)18-14-7-4-5-12(14)11-17;/h2-3,6,8,12,14H,4-5,7,9-11,17H2,1H3,(H,18,19);1H. The van der Waals surface area contributed by atoms with E-state index in [1.807, 2.05) is 12.1 Å². The normalized spacial score (nSPS) is 20.3. The first-order chi connectivity index (χ1) is 10.3. The van der Waals surface area contributed by atoms with Gasteiger partial charge in [-0.25, -0.2) is 0 Å². The van der Waals surface area contributed by atoms with Crippen molar-refractivity contribution in [1.82, 2.24) is 5.32 Å². The Kier molecular flexibility index (Phi) is 8.24. The molecule has 124 valence electrons. The van der Waals surface area contributed by atoms with Crippen LogP contribution in [-0.2, 0) is 4.74 Å². The van der Waals surface area contributed by atoms with E-state index >= 15 is 0 Å². The van der Waals surface area contributed by atoms with Crippen LogP contribution in [0, 0.1) is 5.92 Å². The second kappa shape index (κ2) is 9.66. The zero-order valence-electron chi connectivity index (χ0n) is 12.9. The number of benzene rings is 1. The fraction of sp³-hybridized carbons (Fsp3) is 0.562. The fourth-order valence-corrected chi connectivity index (χ4v) is 2.77. The molecule has 0 heterocycles. The van der Waals surface area contributed by atoms with E-state index in [0.29, 0.717) is 37.0 Å². The number of carbonyl (C=O) groups is 1. The molecule has 2 rings (SSSR count). The van der Waals surface area contributed by atoms with Gasteiger partial charge in [-0.2, -0.15) is 0 Å². The van der Waals surface area contributed by atoms with E-state index in [4.69, 9.17) is 15.2 Å². The number of hydrogen-bond donors (Lipinski definition) is 2. The number of nitrogens with two attached hydrogens (primary N) is 1. The monoisotopic (exact) mass is 328 g/mol. The van der Waals surface area contributed by atoms with Crippen LogP contribution in [0.3, 0.4) is 0 Å². The van der Waals surface area contributed by atoms with Crippen LogP contribution in [0.5, 0.6) is 5.75 Å². The Balaban J connectivity index is 0.00000242. The molecule has 22 heavy (non-hydrogen) atoms. The number of ether oxygens (including phenoxy) is 2. The molecule has 1 saturated carbocycles. The molecule has 1 aliphatic carbocycles. The SMILES string of the molecule is COCCOc1ccccc1C(=O)NC1CCCC1CN.Cl. The summed E-state index contributed by atoms with van der Waals surface area (Å²) in [5.41, 5.74) is 6.33. The molecule has 0 saturated heterocycles. The first-order valence-corrected chi connectivity index (χ1v) is 7.48. The number of para-hydroxylation sites is 1. The number of methoxy groups -OCH3 is 1. The molecule has 0 bridgehead atoms. The largest absolute Gasteiger partial charge is 0.490 e. The number of halogens is 1. The van der Waals surface area contributed by atoms with E-state index < -0.39 is 0 Å². The highest BCUT2D eigenvalue weighted by atomic mass is 35.5. The molecule has 2 unspecified atom stereocenters. The van der Waals surface area contributed by atoms with Crippen molar-refractivity contribution < 1.29 is 14.3 Å². The summed E-state index contributed by atoms with van der Waals surface area (Å²) < 4.78 is 10.6. The molecule has 6 heteroatoms. The maximum Gasteiger partial charge on any atom is 0.255 e. The lowest BCUT2D eigenvalue weighted by molar-refractivity contribution is 0.0921. The number of rotatable bonds is 7. The Morgan fingerprint density at radius 3 is 2.82 bits per heavy atom. The minimum Gasteiger partial charge on any atom is -0.490 e. The van der Waals surface area contributed by atoms with E-state index in [1.54, 1.807) is 19.2 Å². The van der Waals surface area contributed by atoms with Crippen LogP contribution in [0.25, 0.3) is 0 Å². The van der Waals surface area contributed by atoms with Crippen LogP contribution in [0.1, 0.15) is 29.6 Å². The number of carbonyl (C=O) groups excluding carboxylic acids is 1. The predicted octanol–water partition coefficient (Wildman–Crippen LogP) is 1.99. The first kappa shape index (κ1) is 18.7. The lowest BCUT2D eigenvalue weighted by Crippen LogP contribution is -2.40. The van der Waals surface area contributed by atoms with Gasteiger partial charge in [-0.15, -0.1) is 12.4 Å². The van der Waals surface area contributed by atoms with Gasteiger partial charge in [-0.05, 0) is 37.4 Å². The molecule has 1 amide bonds. The predicted molar refractivity (Wildman–Crippen MR) is 88.7 cm³/mol. The molecule has 3 N–H and O–H groups in total. The summed E-state index contributed by atoms with van der Waals surface area (Å²) in [4.78, 5) is 12.5. The van der Waals surface area contributed by atoms with Crippen LogP contribution in [0.4, 0.5) is 0 Å². The van der Waals surface area contributed by atoms with Crippen LogP contribution in [-0.4, -0.2) is 38.8 Å². The van der Waals surface area contributed by atoms with Crippen LogP contribution < -0.4 is 15.8 Å². The van der Waals surface area contributed by atoms with Crippen LogP contribution in [0.15, 0.2) is 24.3 Å². The lowest BCUT2D eigenvalue weighted by Gasteiger charge is -2.20. The van der Waals surface area contributed by atoms with Crippen molar-refractivity contribution in [2.45, 2.75) is 25.3 Å². The number of nitrogens with one attached hydrogen (secondary N) is 1. The maximum absolute atomic E-state index is 12.5. The Morgan fingerprint density at radius 1 is 1.32 bits per heavy atom. The maximum atomic E-state index is 12.5. The van der Waals surface area contributed by atoms with Crippen LogP contribution in [0.2, 0.25) is 0 Å². The van der Waals surface area contributed by atoms with Gasteiger partial charge >= 0.3 is 0 Å². The summed E-state index contributed by atoms with van der Waals surface area (Å²) in [6, 6.07) is 7.46. The Labute approximate surface area is 138 Å². The van der Waals surface area contributed by atoms with Gasteiger partial charge in [0.15, 0.2) is 0 Å². The summed E-state index contributed by atoms with van der Waals surface area (Å²) >= 11 is 0. The van der Waals surface area contributed by atoms with E-state index in [-0.39, 0.29) is 24.4 Å². The third kappa shape index (κ3) is 4.87. The van der Waals surface area contributed by atoms with Gasteiger partial charge in [0.05, 0.1) is 12.2 Å². The molecule has 0 aromatic heterocycles. The summed E-state index contributed by atoms with van der Waals surface area (Å²) in [6.07, 6.45) is 3.21. The average molecular weight is 329 g/mol. The molecule has 0 aliphatic heterocycles. The van der Waals surface area contributed by atoms with Gasteiger partial charge in [-0.3, -0.25) is 4.79 Å². The van der Waals surface area contributed by atoms with Crippen molar-refractivity contribution in [1.29, 1.82) is 0 Å². The Morgan fingerprint density at radius 2 is 2.09 bits per heavy atom.